The number of amidine groups is 1. The van der Waals surface area contributed by atoms with Gasteiger partial charge in [0.25, 0.3) is 15.9 Å². The lowest BCUT2D eigenvalue weighted by Gasteiger charge is -2.29. The minimum atomic E-state index is -3.37. The maximum Gasteiger partial charge on any atom is 0.256 e. The van der Waals surface area contributed by atoms with Crippen LogP contribution in [0.3, 0.4) is 0 Å². The molecule has 7 nitrogen and oxygen atoms in total. The Morgan fingerprint density at radius 2 is 2.23 bits per heavy atom. The van der Waals surface area contributed by atoms with Crippen molar-refractivity contribution in [1.29, 1.82) is 0 Å². The van der Waals surface area contributed by atoms with Gasteiger partial charge in [-0.2, -0.15) is 0 Å². The summed E-state index contributed by atoms with van der Waals surface area (Å²) in [4.78, 5) is 16.2. The van der Waals surface area contributed by atoms with Crippen LogP contribution in [0.1, 0.15) is 13.3 Å². The lowest BCUT2D eigenvalue weighted by Crippen LogP contribution is -2.40. The van der Waals surface area contributed by atoms with E-state index in [0.717, 1.165) is 6.42 Å². The van der Waals surface area contributed by atoms with Gasteiger partial charge in [-0.1, -0.05) is 0 Å². The van der Waals surface area contributed by atoms with Crippen LogP contribution in [0.2, 0.25) is 0 Å². The molecule has 1 saturated heterocycles. The number of nitrogens with two attached hydrogens (primary N) is 1. The van der Waals surface area contributed by atoms with E-state index < -0.39 is 10.0 Å². The number of rotatable bonds is 2. The van der Waals surface area contributed by atoms with Crippen molar-refractivity contribution >= 4 is 21.8 Å². The van der Waals surface area contributed by atoms with E-state index in [-0.39, 0.29) is 17.7 Å². The topological polar surface area (TPSA) is 96.1 Å². The number of carbonyl (C=O) groups is 1. The Kier molecular flexibility index (Phi) is 3.82. The molecule has 2 N–H and O–H groups in total. The van der Waals surface area contributed by atoms with Crippen LogP contribution in [0.4, 0.5) is 0 Å². The molecular weight excluding hydrogens is 304 g/mol. The monoisotopic (exact) mass is 324 g/mol. The van der Waals surface area contributed by atoms with E-state index in [2.05, 4.69) is 4.40 Å². The fraction of sp³-hybridized carbons (Fsp3) is 0.571. The molecule has 1 fully saturated rings. The number of carbonyl (C=O) groups excluding carboxylic acids is 1. The second kappa shape index (κ2) is 5.51. The highest BCUT2D eigenvalue weighted by atomic mass is 32.2. The first-order valence-electron chi connectivity index (χ1n) is 7.40. The van der Waals surface area contributed by atoms with Crippen LogP contribution in [-0.4, -0.2) is 61.4 Å². The van der Waals surface area contributed by atoms with Gasteiger partial charge >= 0.3 is 0 Å². The largest absolute Gasteiger partial charge is 0.336 e. The predicted molar refractivity (Wildman–Crippen MR) is 83.5 cm³/mol. The smallest absolute Gasteiger partial charge is 0.256 e. The van der Waals surface area contributed by atoms with Gasteiger partial charge in [0, 0.05) is 25.3 Å². The van der Waals surface area contributed by atoms with E-state index in [9.17, 15) is 13.2 Å². The molecule has 3 aliphatic heterocycles. The maximum absolute atomic E-state index is 12.7. The van der Waals surface area contributed by atoms with Crippen LogP contribution in [0, 0.1) is 5.92 Å². The maximum atomic E-state index is 12.7. The van der Waals surface area contributed by atoms with Crippen molar-refractivity contribution in [3.05, 3.63) is 23.9 Å². The van der Waals surface area contributed by atoms with Crippen molar-refractivity contribution in [2.45, 2.75) is 19.4 Å². The molecule has 2 atom stereocenters. The summed E-state index contributed by atoms with van der Waals surface area (Å²) in [6.07, 6.45) is 5.85. The molecule has 22 heavy (non-hydrogen) atoms. The summed E-state index contributed by atoms with van der Waals surface area (Å²) < 4.78 is 26.7. The number of nitrogens with zero attached hydrogens (tertiary/aromatic N) is 3. The minimum Gasteiger partial charge on any atom is -0.336 e. The average molecular weight is 324 g/mol. The number of sulfonamides is 1. The molecule has 0 saturated carbocycles. The third kappa shape index (κ3) is 2.80. The molecule has 2 unspecified atom stereocenters. The first kappa shape index (κ1) is 15.2. The van der Waals surface area contributed by atoms with Crippen LogP contribution < -0.4 is 5.73 Å². The summed E-state index contributed by atoms with van der Waals surface area (Å²) in [5.41, 5.74) is 6.26. The molecule has 3 heterocycles. The summed E-state index contributed by atoms with van der Waals surface area (Å²) >= 11 is 0. The van der Waals surface area contributed by atoms with Gasteiger partial charge in [0.1, 0.15) is 5.84 Å². The normalized spacial score (nSPS) is 29.9. The molecule has 3 rings (SSSR count). The van der Waals surface area contributed by atoms with Crippen molar-refractivity contribution < 1.29 is 13.2 Å². The van der Waals surface area contributed by atoms with E-state index in [4.69, 9.17) is 5.73 Å². The molecule has 0 aromatic heterocycles. The summed E-state index contributed by atoms with van der Waals surface area (Å²) in [5.74, 6) is 0.658. The summed E-state index contributed by atoms with van der Waals surface area (Å²) in [6, 6.07) is 0.173. The van der Waals surface area contributed by atoms with E-state index in [1.54, 1.807) is 23.3 Å². The van der Waals surface area contributed by atoms with Crippen LogP contribution in [0.15, 0.2) is 28.3 Å². The zero-order valence-corrected chi connectivity index (χ0v) is 13.3. The van der Waals surface area contributed by atoms with Crippen LogP contribution in [0.5, 0.6) is 0 Å². The van der Waals surface area contributed by atoms with Gasteiger partial charge < -0.3 is 15.5 Å². The third-order valence-electron chi connectivity index (χ3n) is 4.33. The second-order valence-electron chi connectivity index (χ2n) is 5.99. The van der Waals surface area contributed by atoms with E-state index >= 15 is 0 Å². The molecule has 0 aromatic rings. The zero-order valence-electron chi connectivity index (χ0n) is 12.5. The number of hydrogen-bond donors (Lipinski definition) is 1. The summed E-state index contributed by atoms with van der Waals surface area (Å²) in [6.45, 7) is 3.62. The van der Waals surface area contributed by atoms with Gasteiger partial charge in [0.05, 0.1) is 11.3 Å². The van der Waals surface area contributed by atoms with Gasteiger partial charge in [-0.25, -0.2) is 8.42 Å². The SMILES string of the molecule is CC1CC(CN)CN1C(=O)C1=CN2CCS(=O)(=O)N=C2C=C1. The van der Waals surface area contributed by atoms with Gasteiger partial charge in [-0.3, -0.25) is 4.79 Å². The highest BCUT2D eigenvalue weighted by molar-refractivity contribution is 7.90. The quantitative estimate of drug-likeness (QED) is 0.751. The van der Waals surface area contributed by atoms with Crippen molar-refractivity contribution in [3.63, 3.8) is 0 Å². The van der Waals surface area contributed by atoms with Crippen LogP contribution in [-0.2, 0) is 14.8 Å². The first-order chi connectivity index (χ1) is 10.4. The van der Waals surface area contributed by atoms with Crippen molar-refractivity contribution in [2.24, 2.45) is 16.0 Å². The number of fused-ring (bicyclic) bond motifs is 1. The van der Waals surface area contributed by atoms with Crippen molar-refractivity contribution in [1.82, 2.24) is 9.80 Å². The van der Waals surface area contributed by atoms with Crippen LogP contribution in [0.25, 0.3) is 0 Å². The third-order valence-corrected chi connectivity index (χ3v) is 5.49. The number of amides is 1. The number of hydrogen-bond acceptors (Lipinski definition) is 5. The Bertz CT molecular complexity index is 680. The molecule has 0 radical (unpaired) electrons. The summed E-state index contributed by atoms with van der Waals surface area (Å²) in [5, 5.41) is 0. The fourth-order valence-corrected chi connectivity index (χ4v) is 4.06. The first-order valence-corrected chi connectivity index (χ1v) is 9.01. The molecule has 1 amide bonds. The molecule has 3 aliphatic rings. The minimum absolute atomic E-state index is 0.0301. The molecule has 8 heteroatoms. The van der Waals surface area contributed by atoms with Gasteiger partial charge in [-0.05, 0) is 38.0 Å². The standard InChI is InChI=1S/C14H20N4O3S/c1-10-6-11(7-15)8-18(10)14(19)12-2-3-13-16-22(20,21)5-4-17(13)9-12/h2-3,9-11H,4-8,15H2,1H3. The Labute approximate surface area is 130 Å². The van der Waals surface area contributed by atoms with E-state index in [0.29, 0.717) is 37.0 Å². The van der Waals surface area contributed by atoms with Gasteiger partial charge in [0.15, 0.2) is 0 Å². The number of likely N-dealkylation sites (tertiary alicyclic amines) is 1. The molecular formula is C14H20N4O3S. The Balaban J connectivity index is 1.79. The van der Waals surface area contributed by atoms with Gasteiger partial charge in [-0.15, -0.1) is 4.40 Å². The highest BCUT2D eigenvalue weighted by Gasteiger charge is 2.34. The molecule has 0 aliphatic carbocycles. The van der Waals surface area contributed by atoms with Crippen molar-refractivity contribution in [3.8, 4) is 0 Å². The lowest BCUT2D eigenvalue weighted by atomic mass is 10.1. The molecule has 0 aromatic carbocycles. The van der Waals surface area contributed by atoms with Crippen molar-refractivity contribution in [2.75, 3.05) is 25.4 Å². The Hall–Kier alpha value is -1.67. The summed E-state index contributed by atoms with van der Waals surface area (Å²) in [7, 11) is -3.37. The van der Waals surface area contributed by atoms with E-state index in [1.165, 1.54) is 0 Å². The second-order valence-corrected chi connectivity index (χ2v) is 7.75. The lowest BCUT2D eigenvalue weighted by molar-refractivity contribution is -0.127. The molecule has 0 bridgehead atoms. The van der Waals surface area contributed by atoms with Gasteiger partial charge in [0.2, 0.25) is 0 Å². The van der Waals surface area contributed by atoms with Crippen LogP contribution >= 0.6 is 0 Å². The Morgan fingerprint density at radius 1 is 1.45 bits per heavy atom. The fourth-order valence-electron chi connectivity index (χ4n) is 3.09. The molecule has 0 spiro atoms. The Morgan fingerprint density at radius 3 is 2.91 bits per heavy atom. The highest BCUT2D eigenvalue weighted by Crippen LogP contribution is 2.25. The van der Waals surface area contributed by atoms with E-state index in [1.807, 2.05) is 11.8 Å². The molecule has 120 valence electrons. The predicted octanol–water partition coefficient (Wildman–Crippen LogP) is -0.320. The zero-order chi connectivity index (χ0) is 15.9. The average Bonchev–Trinajstić information content (AvgIpc) is 2.86.